The first-order valence-electron chi connectivity index (χ1n) is 7.39. The van der Waals surface area contributed by atoms with E-state index in [1.54, 1.807) is 6.92 Å². The minimum absolute atomic E-state index is 0.0439. The maximum atomic E-state index is 12.1. The minimum Gasteiger partial charge on any atom is -0.326 e. The van der Waals surface area contributed by atoms with Gasteiger partial charge in [-0.05, 0) is 37.6 Å². The van der Waals surface area contributed by atoms with Crippen molar-refractivity contribution in [2.45, 2.75) is 24.7 Å². The molecule has 0 saturated carbocycles. The summed E-state index contributed by atoms with van der Waals surface area (Å²) in [5, 5.41) is 7.60. The van der Waals surface area contributed by atoms with Crippen LogP contribution in [0.25, 0.3) is 0 Å². The van der Waals surface area contributed by atoms with Crippen molar-refractivity contribution < 1.29 is 22.8 Å². The molecule has 0 fully saturated rings. The molecule has 1 heterocycles. The largest absolute Gasteiger partial charge is 0.349 e. The molecule has 3 N–H and O–H groups in total. The molecule has 2 rings (SSSR count). The van der Waals surface area contributed by atoms with Crippen LogP contribution >= 0.6 is 0 Å². The van der Waals surface area contributed by atoms with E-state index in [1.165, 1.54) is 31.3 Å². The summed E-state index contributed by atoms with van der Waals surface area (Å²) in [6.07, 6.45) is 0.259. The number of sulfonamides is 1. The van der Waals surface area contributed by atoms with Crippen molar-refractivity contribution in [1.82, 2.24) is 4.90 Å². The van der Waals surface area contributed by atoms with Gasteiger partial charge in [0.15, 0.2) is 0 Å². The molecule has 0 aliphatic carbocycles. The number of aliphatic imine (C=N–C) groups is 1. The van der Waals surface area contributed by atoms with E-state index in [-0.39, 0.29) is 29.6 Å². The zero-order valence-electron chi connectivity index (χ0n) is 13.7. The fourth-order valence-corrected chi connectivity index (χ4v) is 2.89. The summed E-state index contributed by atoms with van der Waals surface area (Å²) < 4.78 is 22.3. The molecular formula is C15H18N4O5S. The molecular weight excluding hydrogens is 348 g/mol. The molecule has 0 spiro atoms. The first-order chi connectivity index (χ1) is 11.6. The second-order valence-corrected chi connectivity index (χ2v) is 7.20. The van der Waals surface area contributed by atoms with Crippen LogP contribution in [-0.4, -0.2) is 43.9 Å². The van der Waals surface area contributed by atoms with Gasteiger partial charge in [-0.15, -0.1) is 0 Å². The summed E-state index contributed by atoms with van der Waals surface area (Å²) in [4.78, 5) is 40.2. The Kier molecular flexibility index (Phi) is 5.33. The summed E-state index contributed by atoms with van der Waals surface area (Å²) in [5.74, 6) is -1.34. The average molecular weight is 366 g/mol. The molecule has 1 aromatic rings. The Balaban J connectivity index is 1.96. The molecule has 0 saturated heterocycles. The quantitative estimate of drug-likeness (QED) is 0.790. The Morgan fingerprint density at radius 3 is 2.44 bits per heavy atom. The summed E-state index contributed by atoms with van der Waals surface area (Å²) in [7, 11) is -2.44. The van der Waals surface area contributed by atoms with Crippen molar-refractivity contribution in [3.63, 3.8) is 0 Å². The fraction of sp³-hybridized carbons (Fsp3) is 0.333. The second kappa shape index (κ2) is 7.11. The highest BCUT2D eigenvalue weighted by Crippen LogP contribution is 2.19. The number of carbonyl (C=O) groups excluding carboxylic acids is 3. The Morgan fingerprint density at radius 2 is 1.88 bits per heavy atom. The van der Waals surface area contributed by atoms with Gasteiger partial charge in [-0.1, -0.05) is 0 Å². The Morgan fingerprint density at radius 1 is 1.28 bits per heavy atom. The van der Waals surface area contributed by atoms with Crippen molar-refractivity contribution in [2.24, 2.45) is 16.0 Å². The van der Waals surface area contributed by atoms with E-state index < -0.39 is 22.0 Å². The summed E-state index contributed by atoms with van der Waals surface area (Å²) in [6, 6.07) is 4.79. The first kappa shape index (κ1) is 18.7. The van der Waals surface area contributed by atoms with Gasteiger partial charge in [0, 0.05) is 24.9 Å². The average Bonchev–Trinajstić information content (AvgIpc) is 2.52. The Labute approximate surface area is 145 Å². The van der Waals surface area contributed by atoms with Crippen LogP contribution in [0.4, 0.5) is 10.5 Å². The molecule has 0 bridgehead atoms. The van der Waals surface area contributed by atoms with Crippen molar-refractivity contribution in [3.05, 3.63) is 24.3 Å². The van der Waals surface area contributed by atoms with E-state index in [2.05, 4.69) is 10.3 Å². The van der Waals surface area contributed by atoms with E-state index >= 15 is 0 Å². The van der Waals surface area contributed by atoms with E-state index in [4.69, 9.17) is 5.14 Å². The van der Waals surface area contributed by atoms with Crippen molar-refractivity contribution in [2.75, 3.05) is 12.4 Å². The van der Waals surface area contributed by atoms with Gasteiger partial charge in [-0.2, -0.15) is 0 Å². The zero-order chi connectivity index (χ0) is 18.8. The highest BCUT2D eigenvalue weighted by atomic mass is 32.2. The van der Waals surface area contributed by atoms with Crippen LogP contribution in [0.3, 0.4) is 0 Å². The van der Waals surface area contributed by atoms with Gasteiger partial charge >= 0.3 is 6.03 Å². The van der Waals surface area contributed by atoms with Gasteiger partial charge < -0.3 is 5.32 Å². The summed E-state index contributed by atoms with van der Waals surface area (Å²) in [5.41, 5.74) is 0.795. The Hall–Kier alpha value is -2.59. The highest BCUT2D eigenvalue weighted by molar-refractivity contribution is 7.89. The number of rotatable bonds is 5. The number of hydrogen-bond acceptors (Lipinski definition) is 5. The van der Waals surface area contributed by atoms with Gasteiger partial charge in [0.05, 0.1) is 10.8 Å². The fourth-order valence-electron chi connectivity index (χ4n) is 2.37. The van der Waals surface area contributed by atoms with E-state index in [1.807, 2.05) is 0 Å². The number of hydrogen-bond donors (Lipinski definition) is 2. The summed E-state index contributed by atoms with van der Waals surface area (Å²) in [6.45, 7) is 1.58. The lowest BCUT2D eigenvalue weighted by Crippen LogP contribution is -2.43. The van der Waals surface area contributed by atoms with Crippen molar-refractivity contribution >= 4 is 39.3 Å². The number of benzene rings is 1. The molecule has 1 aliphatic rings. The van der Waals surface area contributed by atoms with Crippen LogP contribution in [-0.2, 0) is 19.6 Å². The van der Waals surface area contributed by atoms with Crippen LogP contribution < -0.4 is 10.5 Å². The molecule has 1 unspecified atom stereocenters. The van der Waals surface area contributed by atoms with Crippen LogP contribution in [0.15, 0.2) is 34.2 Å². The third kappa shape index (κ3) is 4.48. The predicted molar refractivity (Wildman–Crippen MR) is 90.4 cm³/mol. The van der Waals surface area contributed by atoms with Gasteiger partial charge in [-0.3, -0.25) is 14.5 Å². The molecule has 9 nitrogen and oxygen atoms in total. The van der Waals surface area contributed by atoms with Crippen LogP contribution in [0.5, 0.6) is 0 Å². The highest BCUT2D eigenvalue weighted by Gasteiger charge is 2.33. The molecule has 25 heavy (non-hydrogen) atoms. The number of primary sulfonamides is 1. The standard InChI is InChI=1S/C15H18N4O5S/c1-9-12(14(21)19(2)15(22)17-9)7-8-13(20)18-10-3-5-11(6-4-10)25(16,23)24/h3-6,12H,7-8H2,1-2H3,(H,18,20)(H2,16,23,24). The van der Waals surface area contributed by atoms with Crippen LogP contribution in [0, 0.1) is 5.92 Å². The molecule has 0 aromatic heterocycles. The normalized spacial score (nSPS) is 18.1. The first-order valence-corrected chi connectivity index (χ1v) is 8.93. The third-order valence-electron chi connectivity index (χ3n) is 3.82. The van der Waals surface area contributed by atoms with E-state index in [0.717, 1.165) is 4.90 Å². The SMILES string of the molecule is CC1=NC(=O)N(C)C(=O)C1CCC(=O)Nc1ccc(S(N)(=O)=O)cc1. The van der Waals surface area contributed by atoms with Gasteiger partial charge in [0.25, 0.3) is 0 Å². The maximum Gasteiger partial charge on any atom is 0.349 e. The number of nitrogens with one attached hydrogen (secondary N) is 1. The Bertz CT molecular complexity index is 845. The number of carbonyl (C=O) groups is 3. The molecule has 1 aromatic carbocycles. The number of amides is 4. The predicted octanol–water partition coefficient (Wildman–Crippen LogP) is 0.722. The van der Waals surface area contributed by atoms with E-state index in [0.29, 0.717) is 11.4 Å². The number of nitrogens with two attached hydrogens (primary N) is 1. The number of urea groups is 1. The molecule has 1 aliphatic heterocycles. The monoisotopic (exact) mass is 366 g/mol. The van der Waals surface area contributed by atoms with E-state index in [9.17, 15) is 22.8 Å². The van der Waals surface area contributed by atoms with Crippen molar-refractivity contribution in [3.8, 4) is 0 Å². The summed E-state index contributed by atoms with van der Waals surface area (Å²) >= 11 is 0. The molecule has 1 atom stereocenters. The number of imide groups is 1. The molecule has 4 amide bonds. The lowest BCUT2D eigenvalue weighted by Gasteiger charge is -2.25. The smallest absolute Gasteiger partial charge is 0.326 e. The van der Waals surface area contributed by atoms with Crippen LogP contribution in [0.1, 0.15) is 19.8 Å². The van der Waals surface area contributed by atoms with Gasteiger partial charge in [0.1, 0.15) is 0 Å². The number of nitrogens with zero attached hydrogens (tertiary/aromatic N) is 2. The second-order valence-electron chi connectivity index (χ2n) is 5.64. The lowest BCUT2D eigenvalue weighted by molar-refractivity contribution is -0.129. The topological polar surface area (TPSA) is 139 Å². The number of anilines is 1. The molecule has 10 heteroatoms. The van der Waals surface area contributed by atoms with Crippen molar-refractivity contribution in [1.29, 1.82) is 0 Å². The van der Waals surface area contributed by atoms with Gasteiger partial charge in [0.2, 0.25) is 21.8 Å². The van der Waals surface area contributed by atoms with Gasteiger partial charge in [-0.25, -0.2) is 23.3 Å². The lowest BCUT2D eigenvalue weighted by atomic mass is 9.95. The molecule has 0 radical (unpaired) electrons. The van der Waals surface area contributed by atoms with Crippen LogP contribution in [0.2, 0.25) is 0 Å². The third-order valence-corrected chi connectivity index (χ3v) is 4.75. The maximum absolute atomic E-state index is 12.1. The zero-order valence-corrected chi connectivity index (χ0v) is 14.5. The minimum atomic E-state index is -3.79. The molecule has 134 valence electrons.